The number of nitrogens with zero attached hydrogens (tertiary/aromatic N) is 2. The van der Waals surface area contributed by atoms with E-state index in [1.54, 1.807) is 0 Å². The summed E-state index contributed by atoms with van der Waals surface area (Å²) >= 11 is 0.705. The molecule has 0 atom stereocenters. The van der Waals surface area contributed by atoms with Crippen molar-refractivity contribution in [3.8, 4) is 0 Å². The van der Waals surface area contributed by atoms with Gasteiger partial charge in [-0.15, -0.1) is 5.10 Å². The van der Waals surface area contributed by atoms with Crippen LogP contribution in [0.4, 0.5) is 4.79 Å². The van der Waals surface area contributed by atoms with Gasteiger partial charge in [-0.3, -0.25) is 25.3 Å². The summed E-state index contributed by atoms with van der Waals surface area (Å²) in [6, 6.07) is -0.938. The lowest BCUT2D eigenvalue weighted by Gasteiger charge is -2.18. The lowest BCUT2D eigenvalue weighted by Crippen LogP contribution is -2.55. The Labute approximate surface area is 134 Å². The molecule has 1 fully saturated rings. The van der Waals surface area contributed by atoms with Crippen LogP contribution in [0.15, 0.2) is 16.1 Å². The molecule has 0 saturated carbocycles. The first-order valence-corrected chi connectivity index (χ1v) is 7.42. The summed E-state index contributed by atoms with van der Waals surface area (Å²) in [6.45, 7) is 1.96. The third-order valence-corrected chi connectivity index (χ3v) is 3.66. The van der Waals surface area contributed by atoms with Gasteiger partial charge in [0.1, 0.15) is 11.7 Å². The van der Waals surface area contributed by atoms with Gasteiger partial charge in [-0.2, -0.15) is 0 Å². The van der Waals surface area contributed by atoms with E-state index < -0.39 is 29.7 Å². The Bertz CT molecular complexity index is 678. The molecule has 11 heteroatoms. The zero-order valence-corrected chi connectivity index (χ0v) is 12.8. The van der Waals surface area contributed by atoms with Crippen molar-refractivity contribution in [3.63, 3.8) is 0 Å². The first-order valence-electron chi connectivity index (χ1n) is 6.60. The Hall–Kier alpha value is -2.69. The standard InChI is InChI=1S/C12H13N5O5S/c1-2-3-7-13-12(17-16-7)23-6(10(20)21)4-5-8(18)14-11(22)15-9(5)19/h4-5H,2-3H2,1H3,(H,20,21)(H,13,16,17)(H2,14,15,18,19,22)/b6-4+. The predicted octanol–water partition coefficient (Wildman–Crippen LogP) is -0.200. The minimum absolute atomic E-state index is 0.162. The molecule has 2 heterocycles. The van der Waals surface area contributed by atoms with Gasteiger partial charge in [0.2, 0.25) is 17.0 Å². The van der Waals surface area contributed by atoms with Crippen molar-refractivity contribution in [2.75, 3.05) is 0 Å². The molecule has 0 unspecified atom stereocenters. The van der Waals surface area contributed by atoms with Crippen molar-refractivity contribution < 1.29 is 24.3 Å². The zero-order chi connectivity index (χ0) is 17.0. The highest BCUT2D eigenvalue weighted by Gasteiger charge is 2.33. The number of nitrogens with one attached hydrogen (secondary N) is 3. The molecule has 0 spiro atoms. The number of thioether (sulfide) groups is 1. The van der Waals surface area contributed by atoms with E-state index in [0.29, 0.717) is 24.0 Å². The first-order chi connectivity index (χ1) is 10.9. The second-order valence-corrected chi connectivity index (χ2v) is 5.55. The lowest BCUT2D eigenvalue weighted by atomic mass is 10.1. The van der Waals surface area contributed by atoms with Crippen LogP contribution in [0, 0.1) is 5.92 Å². The van der Waals surface area contributed by atoms with Crippen molar-refractivity contribution in [3.05, 3.63) is 16.8 Å². The normalized spacial score (nSPS) is 16.2. The van der Waals surface area contributed by atoms with Gasteiger partial charge in [-0.25, -0.2) is 14.6 Å². The molecule has 1 aromatic rings. The molecule has 1 aliphatic heterocycles. The number of carboxylic acids is 1. The fourth-order valence-electron chi connectivity index (χ4n) is 1.75. The number of H-pyrrole nitrogens is 1. The summed E-state index contributed by atoms with van der Waals surface area (Å²) in [5.74, 6) is -3.92. The van der Waals surface area contributed by atoms with Crippen molar-refractivity contribution in [2.24, 2.45) is 5.92 Å². The Kier molecular flexibility index (Phi) is 5.11. The van der Waals surface area contributed by atoms with Crippen molar-refractivity contribution >= 4 is 35.6 Å². The van der Waals surface area contributed by atoms with Crippen molar-refractivity contribution in [1.82, 2.24) is 25.8 Å². The van der Waals surface area contributed by atoms with E-state index in [-0.39, 0.29) is 10.1 Å². The average Bonchev–Trinajstić information content (AvgIpc) is 2.89. The van der Waals surface area contributed by atoms with Crippen LogP contribution in [0.1, 0.15) is 19.2 Å². The minimum Gasteiger partial charge on any atom is -0.477 e. The number of aryl methyl sites for hydroxylation is 1. The van der Waals surface area contributed by atoms with Gasteiger partial charge in [0.15, 0.2) is 0 Å². The van der Waals surface area contributed by atoms with Crippen LogP contribution in [0.2, 0.25) is 0 Å². The summed E-state index contributed by atoms with van der Waals surface area (Å²) in [4.78, 5) is 49.4. The van der Waals surface area contributed by atoms with Gasteiger partial charge in [0.05, 0.1) is 4.91 Å². The molecular formula is C12H13N5O5S. The molecule has 0 bridgehead atoms. The maximum Gasteiger partial charge on any atom is 0.342 e. The number of carboxylic acid groups (broad SMARTS) is 1. The second kappa shape index (κ2) is 7.05. The van der Waals surface area contributed by atoms with Crippen LogP contribution in [-0.2, 0) is 20.8 Å². The molecule has 2 rings (SSSR count). The number of aromatic nitrogens is 3. The van der Waals surface area contributed by atoms with Gasteiger partial charge in [0, 0.05) is 6.42 Å². The topological polar surface area (TPSA) is 154 Å². The molecular weight excluding hydrogens is 326 g/mol. The lowest BCUT2D eigenvalue weighted by molar-refractivity contribution is -0.133. The van der Waals surface area contributed by atoms with E-state index in [1.165, 1.54) is 0 Å². The molecule has 1 saturated heterocycles. The predicted molar refractivity (Wildman–Crippen MR) is 77.1 cm³/mol. The number of carbonyl (C=O) groups is 4. The number of carbonyl (C=O) groups excluding carboxylic acids is 3. The van der Waals surface area contributed by atoms with Gasteiger partial charge < -0.3 is 5.11 Å². The van der Waals surface area contributed by atoms with Crippen LogP contribution < -0.4 is 10.6 Å². The second-order valence-electron chi connectivity index (χ2n) is 4.54. The molecule has 0 radical (unpaired) electrons. The van der Waals surface area contributed by atoms with Gasteiger partial charge in [0.25, 0.3) is 0 Å². The highest BCUT2D eigenvalue weighted by molar-refractivity contribution is 8.03. The number of hydrogen-bond donors (Lipinski definition) is 4. The number of aromatic amines is 1. The Morgan fingerprint density at radius 1 is 1.30 bits per heavy atom. The van der Waals surface area contributed by atoms with E-state index in [9.17, 15) is 24.3 Å². The highest BCUT2D eigenvalue weighted by Crippen LogP contribution is 2.25. The zero-order valence-electron chi connectivity index (χ0n) is 12.0. The molecule has 0 aliphatic carbocycles. The number of imide groups is 2. The third kappa shape index (κ3) is 4.16. The minimum atomic E-state index is -1.42. The van der Waals surface area contributed by atoms with Crippen LogP contribution in [-0.4, -0.2) is 44.1 Å². The summed E-state index contributed by atoms with van der Waals surface area (Å²) in [5.41, 5.74) is 0. The van der Waals surface area contributed by atoms with Crippen molar-refractivity contribution in [2.45, 2.75) is 24.9 Å². The summed E-state index contributed by atoms with van der Waals surface area (Å²) in [6.07, 6.45) is 2.46. The first kappa shape index (κ1) is 16.7. The number of amides is 4. The largest absolute Gasteiger partial charge is 0.477 e. The molecule has 1 aliphatic rings. The van der Waals surface area contributed by atoms with Crippen molar-refractivity contribution in [1.29, 1.82) is 0 Å². The summed E-state index contributed by atoms with van der Waals surface area (Å²) in [5, 5.41) is 19.7. The molecule has 23 heavy (non-hydrogen) atoms. The van der Waals surface area contributed by atoms with Crippen LogP contribution >= 0.6 is 11.8 Å². The summed E-state index contributed by atoms with van der Waals surface area (Å²) < 4.78 is 0. The highest BCUT2D eigenvalue weighted by atomic mass is 32.2. The van der Waals surface area contributed by atoms with E-state index in [1.807, 2.05) is 17.6 Å². The smallest absolute Gasteiger partial charge is 0.342 e. The molecule has 4 amide bonds. The summed E-state index contributed by atoms with van der Waals surface area (Å²) in [7, 11) is 0. The average molecular weight is 339 g/mol. The Morgan fingerprint density at radius 3 is 2.52 bits per heavy atom. The molecule has 4 N–H and O–H groups in total. The molecule has 0 aromatic carbocycles. The maximum absolute atomic E-state index is 11.6. The van der Waals surface area contributed by atoms with E-state index >= 15 is 0 Å². The van der Waals surface area contributed by atoms with Gasteiger partial charge >= 0.3 is 12.0 Å². The van der Waals surface area contributed by atoms with Gasteiger partial charge in [-0.1, -0.05) is 6.92 Å². The number of urea groups is 1. The monoisotopic (exact) mass is 339 g/mol. The number of rotatable bonds is 6. The van der Waals surface area contributed by atoms with E-state index in [0.717, 1.165) is 12.5 Å². The Balaban J connectivity index is 2.20. The number of aliphatic carboxylic acids is 1. The van der Waals surface area contributed by atoms with Crippen LogP contribution in [0.5, 0.6) is 0 Å². The quantitative estimate of drug-likeness (QED) is 0.315. The maximum atomic E-state index is 11.6. The van der Waals surface area contributed by atoms with E-state index in [2.05, 4.69) is 15.2 Å². The van der Waals surface area contributed by atoms with E-state index in [4.69, 9.17) is 0 Å². The molecule has 1 aromatic heterocycles. The fraction of sp³-hybridized carbons (Fsp3) is 0.333. The number of barbiturate groups is 1. The van der Waals surface area contributed by atoms with Crippen LogP contribution in [0.3, 0.4) is 0 Å². The number of hydrogen-bond acceptors (Lipinski definition) is 7. The third-order valence-electron chi connectivity index (χ3n) is 2.77. The fourth-order valence-corrected chi connectivity index (χ4v) is 2.49. The van der Waals surface area contributed by atoms with Gasteiger partial charge in [-0.05, 0) is 24.3 Å². The molecule has 122 valence electrons. The SMILES string of the molecule is CCCc1nc(S/C(=C/C2C(=O)NC(=O)NC2=O)C(=O)O)n[nH]1. The molecule has 10 nitrogen and oxygen atoms in total. The Morgan fingerprint density at radius 2 is 1.96 bits per heavy atom. The van der Waals surface area contributed by atoms with Crippen LogP contribution in [0.25, 0.3) is 0 Å².